The van der Waals surface area contributed by atoms with E-state index in [2.05, 4.69) is 15.9 Å². The fourth-order valence-corrected chi connectivity index (χ4v) is 5.83. The third-order valence-corrected chi connectivity index (χ3v) is 8.19. The highest BCUT2D eigenvalue weighted by molar-refractivity contribution is 6.06. The molecule has 2 aromatic carbocycles. The number of morpholine rings is 2. The number of allylic oxidation sites excluding steroid dienone is 1. The van der Waals surface area contributed by atoms with Crippen LogP contribution in [0.4, 0.5) is 17.6 Å². The number of anilines is 3. The molecule has 2 saturated heterocycles. The van der Waals surface area contributed by atoms with E-state index in [0.29, 0.717) is 87.1 Å². The van der Waals surface area contributed by atoms with E-state index in [1.807, 2.05) is 6.07 Å². The first-order chi connectivity index (χ1) is 22.9. The van der Waals surface area contributed by atoms with Crippen molar-refractivity contribution in [2.75, 3.05) is 81.5 Å². The summed E-state index contributed by atoms with van der Waals surface area (Å²) in [4.78, 5) is 46.7. The lowest BCUT2D eigenvalue weighted by Gasteiger charge is -2.36. The Labute approximate surface area is 271 Å². The summed E-state index contributed by atoms with van der Waals surface area (Å²) in [5.41, 5.74) is 8.20. The van der Waals surface area contributed by atoms with E-state index < -0.39 is 17.9 Å². The number of methoxy groups -OCH3 is 2. The Balaban J connectivity index is 1.45. The predicted molar refractivity (Wildman–Crippen MR) is 171 cm³/mol. The van der Waals surface area contributed by atoms with Crippen LogP contribution in [0.15, 0.2) is 77.3 Å². The fourth-order valence-electron chi connectivity index (χ4n) is 5.83. The first-order valence-corrected chi connectivity index (χ1v) is 15.1. The van der Waals surface area contributed by atoms with Crippen molar-refractivity contribution in [3.63, 3.8) is 0 Å². The molecule has 6 rings (SSSR count). The average molecular weight is 639 g/mol. The molecule has 4 heterocycles. The van der Waals surface area contributed by atoms with Crippen LogP contribution in [0.3, 0.4) is 0 Å². The monoisotopic (exact) mass is 638 g/mol. The topological polar surface area (TPSA) is 169 Å². The van der Waals surface area contributed by atoms with Crippen molar-refractivity contribution in [3.8, 4) is 17.5 Å². The summed E-state index contributed by atoms with van der Waals surface area (Å²) in [5.74, 6) is -1.03. The maximum Gasteiger partial charge on any atom is 0.355 e. The zero-order valence-corrected chi connectivity index (χ0v) is 26.1. The zero-order valence-electron chi connectivity index (χ0n) is 26.1. The molecule has 0 amide bonds. The molecular formula is C33H34N8O6. The molecule has 3 aliphatic heterocycles. The number of rotatable bonds is 7. The number of nitrogens with zero attached hydrogens (tertiary/aromatic N) is 7. The molecule has 3 aliphatic rings. The molecule has 1 atom stereocenters. The van der Waals surface area contributed by atoms with Crippen LogP contribution in [0.5, 0.6) is 0 Å². The van der Waals surface area contributed by atoms with E-state index in [9.17, 15) is 14.9 Å². The summed E-state index contributed by atoms with van der Waals surface area (Å²) in [6.07, 6.45) is 0. The van der Waals surface area contributed by atoms with Crippen LogP contribution >= 0.6 is 0 Å². The van der Waals surface area contributed by atoms with E-state index >= 15 is 0 Å². The van der Waals surface area contributed by atoms with Crippen molar-refractivity contribution in [2.24, 2.45) is 5.73 Å². The molecule has 242 valence electrons. The van der Waals surface area contributed by atoms with Crippen molar-refractivity contribution in [3.05, 3.63) is 82.8 Å². The first kappa shape index (κ1) is 31.5. The van der Waals surface area contributed by atoms with E-state index in [1.54, 1.807) is 48.5 Å². The van der Waals surface area contributed by atoms with Crippen LogP contribution in [0.2, 0.25) is 0 Å². The van der Waals surface area contributed by atoms with E-state index in [-0.39, 0.29) is 22.7 Å². The van der Waals surface area contributed by atoms with Gasteiger partial charge in [0.05, 0.1) is 63.8 Å². The van der Waals surface area contributed by atoms with Gasteiger partial charge in [0.1, 0.15) is 11.5 Å². The lowest BCUT2D eigenvalue weighted by molar-refractivity contribution is -0.139. The second kappa shape index (κ2) is 13.9. The van der Waals surface area contributed by atoms with E-state index in [4.69, 9.17) is 39.6 Å². The molecule has 0 saturated carbocycles. The van der Waals surface area contributed by atoms with Crippen molar-refractivity contribution < 1.29 is 28.5 Å². The fraction of sp³-hybridized carbons (Fsp3) is 0.333. The van der Waals surface area contributed by atoms with Gasteiger partial charge >= 0.3 is 11.9 Å². The van der Waals surface area contributed by atoms with Crippen LogP contribution < -0.4 is 20.4 Å². The largest absolute Gasteiger partial charge is 0.466 e. The normalized spacial score (nSPS) is 18.6. The third kappa shape index (κ3) is 6.18. The van der Waals surface area contributed by atoms with E-state index in [1.165, 1.54) is 19.1 Å². The van der Waals surface area contributed by atoms with Crippen LogP contribution in [0.1, 0.15) is 11.5 Å². The van der Waals surface area contributed by atoms with Crippen LogP contribution in [0.25, 0.3) is 11.4 Å². The molecule has 2 fully saturated rings. The minimum absolute atomic E-state index is 0.0217. The highest BCUT2D eigenvalue weighted by Crippen LogP contribution is 2.43. The Bertz CT molecular complexity index is 1710. The van der Waals surface area contributed by atoms with Gasteiger partial charge in [-0.05, 0) is 29.8 Å². The van der Waals surface area contributed by atoms with Gasteiger partial charge in [-0.15, -0.1) is 0 Å². The Morgan fingerprint density at radius 2 is 1.38 bits per heavy atom. The van der Waals surface area contributed by atoms with Crippen LogP contribution in [0, 0.1) is 11.3 Å². The van der Waals surface area contributed by atoms with Crippen molar-refractivity contribution in [1.29, 1.82) is 5.26 Å². The molecule has 0 aliphatic carbocycles. The maximum atomic E-state index is 13.4. The van der Waals surface area contributed by atoms with Gasteiger partial charge in [-0.25, -0.2) is 9.59 Å². The molecular weight excluding hydrogens is 604 g/mol. The maximum absolute atomic E-state index is 13.4. The molecule has 0 radical (unpaired) electrons. The summed E-state index contributed by atoms with van der Waals surface area (Å²) in [6.45, 7) is 4.92. The van der Waals surface area contributed by atoms with Crippen LogP contribution in [-0.4, -0.2) is 93.7 Å². The van der Waals surface area contributed by atoms with Crippen molar-refractivity contribution in [1.82, 2.24) is 15.0 Å². The minimum Gasteiger partial charge on any atom is -0.466 e. The second-order valence-corrected chi connectivity index (χ2v) is 10.8. The Morgan fingerprint density at radius 1 is 0.830 bits per heavy atom. The summed E-state index contributed by atoms with van der Waals surface area (Å²) in [5, 5.41) is 10.3. The molecule has 0 spiro atoms. The number of hydrogen-bond acceptors (Lipinski definition) is 14. The number of hydrogen-bond donors (Lipinski definition) is 1. The van der Waals surface area contributed by atoms with Gasteiger partial charge in [-0.1, -0.05) is 30.3 Å². The van der Waals surface area contributed by atoms with Crippen molar-refractivity contribution in [2.45, 2.75) is 5.92 Å². The number of aromatic nitrogens is 3. The quantitative estimate of drug-likeness (QED) is 0.373. The number of carbonyl (C=O) groups excluding carboxylic acids is 2. The molecule has 14 heteroatoms. The molecule has 47 heavy (non-hydrogen) atoms. The summed E-state index contributed by atoms with van der Waals surface area (Å²) >= 11 is 0. The molecule has 1 unspecified atom stereocenters. The summed E-state index contributed by atoms with van der Waals surface area (Å²) in [6, 6.07) is 18.0. The lowest BCUT2D eigenvalue weighted by atomic mass is 9.81. The van der Waals surface area contributed by atoms with Gasteiger partial charge in [0, 0.05) is 37.4 Å². The second-order valence-electron chi connectivity index (χ2n) is 10.8. The minimum atomic E-state index is -0.958. The number of esters is 2. The standard InChI is InChI=1S/C33H34N8O6/c1-44-30(42)26-25(21-6-4-3-5-7-21)24(20-34)28(35)41(27(26)31(43)45-2)23-10-8-22(9-11-23)29-36-32(39-12-16-46-17-13-39)38-33(37-29)40-14-18-47-19-15-40/h3-11,25H,12-19,35H2,1-2H3. The van der Waals surface area contributed by atoms with Gasteiger partial charge in [0.25, 0.3) is 0 Å². The summed E-state index contributed by atoms with van der Waals surface area (Å²) < 4.78 is 21.3. The number of carbonyl (C=O) groups is 2. The molecule has 1 aromatic heterocycles. The Morgan fingerprint density at radius 3 is 1.89 bits per heavy atom. The highest BCUT2D eigenvalue weighted by Gasteiger charge is 2.43. The average Bonchev–Trinajstić information content (AvgIpc) is 3.14. The molecule has 2 N–H and O–H groups in total. The van der Waals surface area contributed by atoms with Gasteiger partial charge in [0.2, 0.25) is 11.9 Å². The zero-order chi connectivity index (χ0) is 32.9. The van der Waals surface area contributed by atoms with Crippen molar-refractivity contribution >= 4 is 29.5 Å². The smallest absolute Gasteiger partial charge is 0.355 e. The number of benzene rings is 2. The van der Waals surface area contributed by atoms with Gasteiger partial charge in [-0.3, -0.25) is 4.90 Å². The predicted octanol–water partition coefficient (Wildman–Crippen LogP) is 2.11. The van der Waals surface area contributed by atoms with Gasteiger partial charge in [0.15, 0.2) is 5.82 Å². The Hall–Kier alpha value is -5.52. The van der Waals surface area contributed by atoms with Gasteiger partial charge in [-0.2, -0.15) is 20.2 Å². The molecule has 0 bridgehead atoms. The number of nitriles is 1. The Kier molecular flexibility index (Phi) is 9.28. The van der Waals surface area contributed by atoms with E-state index in [0.717, 1.165) is 0 Å². The number of nitrogens with two attached hydrogens (primary N) is 1. The molecule has 14 nitrogen and oxygen atoms in total. The number of ether oxygens (including phenoxy) is 4. The third-order valence-electron chi connectivity index (χ3n) is 8.19. The van der Waals surface area contributed by atoms with Crippen LogP contribution in [-0.2, 0) is 28.5 Å². The lowest BCUT2D eigenvalue weighted by Crippen LogP contribution is -2.40. The van der Waals surface area contributed by atoms with Gasteiger partial charge < -0.3 is 34.5 Å². The molecule has 3 aromatic rings. The highest BCUT2D eigenvalue weighted by atomic mass is 16.5. The summed E-state index contributed by atoms with van der Waals surface area (Å²) in [7, 11) is 2.42. The first-order valence-electron chi connectivity index (χ1n) is 15.1. The SMILES string of the molecule is COC(=O)C1=C(C(=O)OC)N(c2ccc(-c3nc(N4CCOCC4)nc(N4CCOCC4)n3)cc2)C(N)=C(C#N)C1c1ccccc1.